The molecule has 0 bridgehead atoms. The van der Waals surface area contributed by atoms with Crippen LogP contribution in [0.3, 0.4) is 0 Å². The molecule has 1 aliphatic heterocycles. The zero-order valence-corrected chi connectivity index (χ0v) is 9.33. The number of aromatic nitrogens is 2. The number of nitrogens with zero attached hydrogens (tertiary/aromatic N) is 1. The normalized spacial score (nSPS) is 21.4. The monoisotopic (exact) mass is 222 g/mol. The third-order valence-electron chi connectivity index (χ3n) is 2.88. The van der Waals surface area contributed by atoms with E-state index in [0.717, 1.165) is 25.1 Å². The quantitative estimate of drug-likeness (QED) is 0.700. The van der Waals surface area contributed by atoms with Crippen molar-refractivity contribution in [1.82, 2.24) is 20.6 Å². The highest BCUT2D eigenvalue weighted by Gasteiger charge is 2.18. The summed E-state index contributed by atoms with van der Waals surface area (Å²) >= 11 is 0. The summed E-state index contributed by atoms with van der Waals surface area (Å²) in [6.07, 6.45) is 7.80. The minimum atomic E-state index is -0.0228. The minimum Gasteiger partial charge on any atom is -0.349 e. The van der Waals surface area contributed by atoms with Gasteiger partial charge in [0.2, 0.25) is 5.91 Å². The van der Waals surface area contributed by atoms with Gasteiger partial charge in [-0.25, -0.2) is 4.98 Å². The molecule has 1 aliphatic rings. The van der Waals surface area contributed by atoms with Gasteiger partial charge in [0.25, 0.3) is 0 Å². The van der Waals surface area contributed by atoms with Crippen LogP contribution in [0.25, 0.3) is 0 Å². The summed E-state index contributed by atoms with van der Waals surface area (Å²) in [5.41, 5.74) is 0.932. The first-order chi connectivity index (χ1) is 7.86. The molecule has 3 N–H and O–H groups in total. The van der Waals surface area contributed by atoms with Crippen LogP contribution in [0, 0.1) is 0 Å². The molecule has 0 aliphatic carbocycles. The third kappa shape index (κ3) is 3.06. The lowest BCUT2D eigenvalue weighted by atomic mass is 10.1. The zero-order chi connectivity index (χ0) is 11.2. The first-order valence-electron chi connectivity index (χ1n) is 5.84. The Bertz CT molecular complexity index is 315. The number of nitrogens with one attached hydrogen (secondary N) is 3. The Morgan fingerprint density at radius 2 is 2.44 bits per heavy atom. The van der Waals surface area contributed by atoms with Crippen molar-refractivity contribution in [3.05, 3.63) is 18.2 Å². The van der Waals surface area contributed by atoms with Crippen molar-refractivity contribution in [3.8, 4) is 0 Å². The minimum absolute atomic E-state index is 0.0228. The molecule has 16 heavy (non-hydrogen) atoms. The summed E-state index contributed by atoms with van der Waals surface area (Å²) in [6, 6.07) is -0.0228. The number of hydrogen-bond donors (Lipinski definition) is 3. The number of hydrogen-bond acceptors (Lipinski definition) is 3. The summed E-state index contributed by atoms with van der Waals surface area (Å²) in [5.74, 6) is 0.0940. The predicted molar refractivity (Wildman–Crippen MR) is 60.7 cm³/mol. The highest BCUT2D eigenvalue weighted by atomic mass is 16.2. The molecule has 5 nitrogen and oxygen atoms in total. The number of rotatable bonds is 3. The number of H-pyrrole nitrogens is 1. The molecule has 1 atom stereocenters. The molecular formula is C11H18N4O. The molecule has 2 heterocycles. The molecule has 1 aromatic heterocycles. The van der Waals surface area contributed by atoms with Crippen LogP contribution in [0.2, 0.25) is 0 Å². The molecule has 0 saturated carbocycles. The highest BCUT2D eigenvalue weighted by molar-refractivity contribution is 5.81. The van der Waals surface area contributed by atoms with Gasteiger partial charge >= 0.3 is 0 Å². The maximum absolute atomic E-state index is 11.8. The van der Waals surface area contributed by atoms with Crippen LogP contribution in [-0.2, 0) is 11.3 Å². The van der Waals surface area contributed by atoms with E-state index in [2.05, 4.69) is 20.6 Å². The second-order valence-electron chi connectivity index (χ2n) is 4.15. The maximum Gasteiger partial charge on any atom is 0.237 e. The van der Waals surface area contributed by atoms with E-state index in [-0.39, 0.29) is 11.9 Å². The van der Waals surface area contributed by atoms with Gasteiger partial charge in [-0.15, -0.1) is 0 Å². The summed E-state index contributed by atoms with van der Waals surface area (Å²) in [4.78, 5) is 18.7. The Morgan fingerprint density at radius 1 is 1.50 bits per heavy atom. The Morgan fingerprint density at radius 3 is 3.25 bits per heavy atom. The van der Waals surface area contributed by atoms with Crippen LogP contribution in [0.5, 0.6) is 0 Å². The van der Waals surface area contributed by atoms with Gasteiger partial charge in [0.1, 0.15) is 0 Å². The molecule has 1 amide bonds. The molecule has 1 unspecified atom stereocenters. The van der Waals surface area contributed by atoms with Crippen LogP contribution in [0.1, 0.15) is 31.4 Å². The first kappa shape index (κ1) is 11.1. The van der Waals surface area contributed by atoms with Crippen molar-refractivity contribution in [2.45, 2.75) is 38.3 Å². The van der Waals surface area contributed by atoms with Crippen LogP contribution in [-0.4, -0.2) is 28.5 Å². The Hall–Kier alpha value is -1.36. The van der Waals surface area contributed by atoms with Gasteiger partial charge in [-0.05, 0) is 19.4 Å². The van der Waals surface area contributed by atoms with E-state index >= 15 is 0 Å². The molecule has 1 fully saturated rings. The van der Waals surface area contributed by atoms with Gasteiger partial charge in [0.05, 0.1) is 24.6 Å². The number of imidazole rings is 1. The van der Waals surface area contributed by atoms with Crippen molar-refractivity contribution < 1.29 is 4.79 Å². The largest absolute Gasteiger partial charge is 0.349 e. The third-order valence-corrected chi connectivity index (χ3v) is 2.88. The summed E-state index contributed by atoms with van der Waals surface area (Å²) in [7, 11) is 0. The zero-order valence-electron chi connectivity index (χ0n) is 9.33. The van der Waals surface area contributed by atoms with Gasteiger partial charge in [-0.1, -0.05) is 12.8 Å². The molecule has 1 aromatic rings. The fraction of sp³-hybridized carbons (Fsp3) is 0.636. The van der Waals surface area contributed by atoms with Gasteiger partial charge < -0.3 is 15.6 Å². The number of carbonyl (C=O) groups excluding carboxylic acids is 1. The van der Waals surface area contributed by atoms with E-state index in [1.165, 1.54) is 12.8 Å². The van der Waals surface area contributed by atoms with Crippen molar-refractivity contribution in [1.29, 1.82) is 0 Å². The Kier molecular flexibility index (Phi) is 3.93. The molecule has 88 valence electrons. The molecule has 0 spiro atoms. The van der Waals surface area contributed by atoms with Gasteiger partial charge in [0, 0.05) is 6.20 Å². The maximum atomic E-state index is 11.8. The first-order valence-corrected chi connectivity index (χ1v) is 5.84. The number of carbonyl (C=O) groups is 1. The van der Waals surface area contributed by atoms with Crippen molar-refractivity contribution in [2.75, 3.05) is 6.54 Å². The molecule has 2 rings (SSSR count). The van der Waals surface area contributed by atoms with Gasteiger partial charge in [-0.2, -0.15) is 0 Å². The molecule has 0 radical (unpaired) electrons. The number of aromatic amines is 1. The molecule has 5 heteroatoms. The number of amides is 1. The van der Waals surface area contributed by atoms with Crippen LogP contribution >= 0.6 is 0 Å². The fourth-order valence-corrected chi connectivity index (χ4v) is 1.94. The van der Waals surface area contributed by atoms with E-state index in [4.69, 9.17) is 0 Å². The van der Waals surface area contributed by atoms with Crippen LogP contribution in [0.4, 0.5) is 0 Å². The highest BCUT2D eigenvalue weighted by Crippen LogP contribution is 2.08. The standard InChI is InChI=1S/C11H18N4O/c16-11(10-4-2-1-3-5-13-10)14-7-9-6-12-8-15-9/h6,8,10,13H,1-5,7H2,(H,12,15)(H,14,16). The van der Waals surface area contributed by atoms with E-state index < -0.39 is 0 Å². The molecule has 1 saturated heterocycles. The second-order valence-corrected chi connectivity index (χ2v) is 4.15. The lowest BCUT2D eigenvalue weighted by molar-refractivity contribution is -0.123. The summed E-state index contributed by atoms with van der Waals surface area (Å²) < 4.78 is 0. The van der Waals surface area contributed by atoms with Gasteiger partial charge in [-0.3, -0.25) is 4.79 Å². The van der Waals surface area contributed by atoms with E-state index in [9.17, 15) is 4.79 Å². The van der Waals surface area contributed by atoms with E-state index in [1.54, 1.807) is 12.5 Å². The van der Waals surface area contributed by atoms with E-state index in [1.807, 2.05) is 0 Å². The Balaban J connectivity index is 1.78. The average molecular weight is 222 g/mol. The summed E-state index contributed by atoms with van der Waals surface area (Å²) in [6.45, 7) is 1.47. The van der Waals surface area contributed by atoms with Crippen LogP contribution < -0.4 is 10.6 Å². The SMILES string of the molecule is O=C(NCc1cnc[nH]1)C1CCCCCN1. The second kappa shape index (κ2) is 5.65. The molecule has 0 aromatic carbocycles. The van der Waals surface area contributed by atoms with Gasteiger partial charge in [0.15, 0.2) is 0 Å². The molecular weight excluding hydrogens is 204 g/mol. The van der Waals surface area contributed by atoms with E-state index in [0.29, 0.717) is 6.54 Å². The smallest absolute Gasteiger partial charge is 0.237 e. The predicted octanol–water partition coefficient (Wildman–Crippen LogP) is 0.558. The topological polar surface area (TPSA) is 69.8 Å². The lowest BCUT2D eigenvalue weighted by Gasteiger charge is -2.14. The lowest BCUT2D eigenvalue weighted by Crippen LogP contribution is -2.43. The average Bonchev–Trinajstić information content (AvgIpc) is 2.66. The Labute approximate surface area is 95.0 Å². The van der Waals surface area contributed by atoms with Crippen molar-refractivity contribution >= 4 is 5.91 Å². The fourth-order valence-electron chi connectivity index (χ4n) is 1.94. The van der Waals surface area contributed by atoms with Crippen molar-refractivity contribution in [2.24, 2.45) is 0 Å². The van der Waals surface area contributed by atoms with Crippen molar-refractivity contribution in [3.63, 3.8) is 0 Å². The summed E-state index contributed by atoms with van der Waals surface area (Å²) in [5, 5.41) is 6.18. The van der Waals surface area contributed by atoms with Crippen LogP contribution in [0.15, 0.2) is 12.5 Å².